The molecule has 0 fully saturated rings. The Morgan fingerprint density at radius 1 is 1.59 bits per heavy atom. The molecule has 0 aliphatic heterocycles. The molecule has 0 spiro atoms. The maximum absolute atomic E-state index is 10.6. The van der Waals surface area contributed by atoms with Crippen molar-refractivity contribution in [3.63, 3.8) is 0 Å². The molecule has 0 heterocycles. The van der Waals surface area contributed by atoms with E-state index in [2.05, 4.69) is 15.9 Å². The van der Waals surface area contributed by atoms with Gasteiger partial charge in [-0.3, -0.25) is 4.79 Å². The summed E-state index contributed by atoms with van der Waals surface area (Å²) in [6.07, 6.45) is 0. The molecule has 0 saturated heterocycles. The van der Waals surface area contributed by atoms with Gasteiger partial charge in [0.2, 0.25) is 0 Å². The lowest BCUT2D eigenvalue weighted by molar-refractivity contribution is -0.140. The van der Waals surface area contributed by atoms with Crippen LogP contribution < -0.4 is 4.74 Å². The summed E-state index contributed by atoms with van der Waals surface area (Å²) in [7, 11) is 0. The minimum atomic E-state index is -0.745. The standard InChI is InChI=1S/C12H15BrO3S/c1-9(12(14)15)8-17-6-5-16-11-4-2-3-10(13)7-11/h2-4,7,9H,5-6,8H2,1H3,(H,14,15). The third kappa shape index (κ3) is 5.98. The highest BCUT2D eigenvalue weighted by Gasteiger charge is 2.09. The largest absolute Gasteiger partial charge is 0.493 e. The first kappa shape index (κ1) is 14.4. The number of ether oxygens (including phenoxy) is 1. The number of thioether (sulfide) groups is 1. The highest BCUT2D eigenvalue weighted by Crippen LogP contribution is 2.18. The lowest BCUT2D eigenvalue weighted by Crippen LogP contribution is -2.13. The molecule has 94 valence electrons. The minimum Gasteiger partial charge on any atom is -0.493 e. The van der Waals surface area contributed by atoms with Crippen LogP contribution in [0.1, 0.15) is 6.92 Å². The van der Waals surface area contributed by atoms with E-state index in [1.165, 1.54) is 0 Å². The number of hydrogen-bond donors (Lipinski definition) is 1. The summed E-state index contributed by atoms with van der Waals surface area (Å²) in [4.78, 5) is 10.6. The number of rotatable bonds is 7. The summed E-state index contributed by atoms with van der Waals surface area (Å²) in [6, 6.07) is 7.66. The third-order valence-corrected chi connectivity index (χ3v) is 3.77. The molecule has 0 saturated carbocycles. The van der Waals surface area contributed by atoms with E-state index in [1.807, 2.05) is 24.3 Å². The van der Waals surface area contributed by atoms with Gasteiger partial charge in [0.15, 0.2) is 0 Å². The highest BCUT2D eigenvalue weighted by molar-refractivity contribution is 9.10. The molecule has 0 aromatic heterocycles. The second kappa shape index (κ2) is 7.61. The molecular formula is C12H15BrO3S. The number of hydrogen-bond acceptors (Lipinski definition) is 3. The van der Waals surface area contributed by atoms with Crippen LogP contribution >= 0.6 is 27.7 Å². The quantitative estimate of drug-likeness (QED) is 0.784. The van der Waals surface area contributed by atoms with Crippen molar-refractivity contribution in [2.45, 2.75) is 6.92 Å². The van der Waals surface area contributed by atoms with Gasteiger partial charge in [0.05, 0.1) is 12.5 Å². The van der Waals surface area contributed by atoms with Crippen LogP contribution in [-0.2, 0) is 4.79 Å². The van der Waals surface area contributed by atoms with Gasteiger partial charge in [-0.25, -0.2) is 0 Å². The molecular weight excluding hydrogens is 304 g/mol. The molecule has 1 N–H and O–H groups in total. The zero-order valence-corrected chi connectivity index (χ0v) is 12.0. The number of benzene rings is 1. The van der Waals surface area contributed by atoms with Crippen LogP contribution in [0.2, 0.25) is 0 Å². The maximum Gasteiger partial charge on any atom is 0.307 e. The van der Waals surface area contributed by atoms with Gasteiger partial charge >= 0.3 is 5.97 Å². The molecule has 3 nitrogen and oxygen atoms in total. The smallest absolute Gasteiger partial charge is 0.307 e. The first-order valence-corrected chi connectivity index (χ1v) is 7.23. The molecule has 1 aromatic rings. The van der Waals surface area contributed by atoms with Crippen LogP contribution in [0, 0.1) is 5.92 Å². The average molecular weight is 319 g/mol. The SMILES string of the molecule is CC(CSCCOc1cccc(Br)c1)C(=O)O. The lowest BCUT2D eigenvalue weighted by Gasteiger charge is -2.07. The van der Waals surface area contributed by atoms with E-state index in [0.29, 0.717) is 12.4 Å². The van der Waals surface area contributed by atoms with E-state index >= 15 is 0 Å². The average Bonchev–Trinajstić information content (AvgIpc) is 2.28. The Hall–Kier alpha value is -0.680. The molecule has 17 heavy (non-hydrogen) atoms. The van der Waals surface area contributed by atoms with Gasteiger partial charge < -0.3 is 9.84 Å². The second-order valence-corrected chi connectivity index (χ2v) is 5.69. The summed E-state index contributed by atoms with van der Waals surface area (Å²) in [5, 5.41) is 8.70. The van der Waals surface area contributed by atoms with Gasteiger partial charge in [-0.05, 0) is 18.2 Å². The fraction of sp³-hybridized carbons (Fsp3) is 0.417. The van der Waals surface area contributed by atoms with E-state index in [1.54, 1.807) is 18.7 Å². The summed E-state index contributed by atoms with van der Waals surface area (Å²) >= 11 is 4.96. The molecule has 0 aliphatic rings. The predicted octanol–water partition coefficient (Wildman–Crippen LogP) is 3.28. The van der Waals surface area contributed by atoms with Crippen molar-refractivity contribution in [3.8, 4) is 5.75 Å². The van der Waals surface area contributed by atoms with Crippen molar-refractivity contribution in [1.29, 1.82) is 0 Å². The number of carboxylic acids is 1. The van der Waals surface area contributed by atoms with Crippen molar-refractivity contribution >= 4 is 33.7 Å². The summed E-state index contributed by atoms with van der Waals surface area (Å²) in [5.74, 6) is 1.20. The van der Waals surface area contributed by atoms with Gasteiger partial charge in [-0.2, -0.15) is 11.8 Å². The topological polar surface area (TPSA) is 46.5 Å². The fourth-order valence-electron chi connectivity index (χ4n) is 1.11. The van der Waals surface area contributed by atoms with Crippen molar-refractivity contribution in [2.24, 2.45) is 5.92 Å². The van der Waals surface area contributed by atoms with Crippen LogP contribution in [0.25, 0.3) is 0 Å². The lowest BCUT2D eigenvalue weighted by atomic mass is 10.2. The predicted molar refractivity (Wildman–Crippen MR) is 73.8 cm³/mol. The van der Waals surface area contributed by atoms with Crippen molar-refractivity contribution < 1.29 is 14.6 Å². The Kier molecular flexibility index (Phi) is 6.44. The van der Waals surface area contributed by atoms with Crippen LogP contribution in [-0.4, -0.2) is 29.2 Å². The number of halogens is 1. The van der Waals surface area contributed by atoms with Crippen molar-refractivity contribution in [3.05, 3.63) is 28.7 Å². The third-order valence-electron chi connectivity index (χ3n) is 2.08. The molecule has 0 radical (unpaired) electrons. The Morgan fingerprint density at radius 3 is 3.00 bits per heavy atom. The fourth-order valence-corrected chi connectivity index (χ4v) is 2.35. The van der Waals surface area contributed by atoms with E-state index in [0.717, 1.165) is 16.0 Å². The molecule has 0 amide bonds. The van der Waals surface area contributed by atoms with Gasteiger partial charge in [0, 0.05) is 16.0 Å². The zero-order valence-electron chi connectivity index (χ0n) is 9.56. The molecule has 1 rings (SSSR count). The summed E-state index contributed by atoms with van der Waals surface area (Å²) in [5.41, 5.74) is 0. The molecule has 1 aromatic carbocycles. The number of carboxylic acid groups (broad SMARTS) is 1. The first-order chi connectivity index (χ1) is 8.09. The second-order valence-electron chi connectivity index (χ2n) is 3.62. The van der Waals surface area contributed by atoms with Crippen molar-refractivity contribution in [1.82, 2.24) is 0 Å². The van der Waals surface area contributed by atoms with Crippen LogP contribution in [0.5, 0.6) is 5.75 Å². The maximum atomic E-state index is 10.6. The minimum absolute atomic E-state index is 0.300. The normalized spacial score (nSPS) is 12.1. The molecule has 1 atom stereocenters. The van der Waals surface area contributed by atoms with Gasteiger partial charge in [-0.15, -0.1) is 0 Å². The monoisotopic (exact) mass is 318 g/mol. The summed E-state index contributed by atoms with van der Waals surface area (Å²) in [6.45, 7) is 2.30. The van der Waals surface area contributed by atoms with E-state index in [4.69, 9.17) is 9.84 Å². The number of carbonyl (C=O) groups is 1. The summed E-state index contributed by atoms with van der Waals surface area (Å²) < 4.78 is 6.52. The Balaban J connectivity index is 2.14. The zero-order chi connectivity index (χ0) is 12.7. The Morgan fingerprint density at radius 2 is 2.35 bits per heavy atom. The van der Waals surface area contributed by atoms with Crippen molar-refractivity contribution in [2.75, 3.05) is 18.1 Å². The van der Waals surface area contributed by atoms with E-state index < -0.39 is 5.97 Å². The molecule has 5 heteroatoms. The molecule has 0 bridgehead atoms. The molecule has 1 unspecified atom stereocenters. The number of aliphatic carboxylic acids is 1. The Labute approximate surface area is 114 Å². The van der Waals surface area contributed by atoms with Gasteiger partial charge in [0.1, 0.15) is 5.75 Å². The van der Waals surface area contributed by atoms with Crippen LogP contribution in [0.15, 0.2) is 28.7 Å². The van der Waals surface area contributed by atoms with Crippen LogP contribution in [0.4, 0.5) is 0 Å². The van der Waals surface area contributed by atoms with Crippen LogP contribution in [0.3, 0.4) is 0 Å². The van der Waals surface area contributed by atoms with Gasteiger partial charge in [-0.1, -0.05) is 28.9 Å². The first-order valence-electron chi connectivity index (χ1n) is 5.28. The van der Waals surface area contributed by atoms with E-state index in [9.17, 15) is 4.79 Å². The molecule has 0 aliphatic carbocycles. The van der Waals surface area contributed by atoms with Gasteiger partial charge in [0.25, 0.3) is 0 Å². The van der Waals surface area contributed by atoms with E-state index in [-0.39, 0.29) is 5.92 Å². The highest BCUT2D eigenvalue weighted by atomic mass is 79.9. The Bertz CT molecular complexity index is 371.